The molecule has 4 rings (SSSR count). The highest BCUT2D eigenvalue weighted by Gasteiger charge is 2.18. The summed E-state index contributed by atoms with van der Waals surface area (Å²) in [6.07, 6.45) is 3.43. The highest BCUT2D eigenvalue weighted by molar-refractivity contribution is 7.92. The summed E-state index contributed by atoms with van der Waals surface area (Å²) in [7, 11) is -3.78. The molecule has 2 heterocycles. The third-order valence-electron chi connectivity index (χ3n) is 4.38. The molecule has 0 spiro atoms. The summed E-state index contributed by atoms with van der Waals surface area (Å²) in [6.45, 7) is 3.42. The minimum Gasteiger partial charge on any atom is -0.439 e. The third kappa shape index (κ3) is 4.68. The summed E-state index contributed by atoms with van der Waals surface area (Å²) < 4.78 is 35.4. The Balaban J connectivity index is 1.52. The average Bonchev–Trinajstić information content (AvgIpc) is 3.26. The molecule has 0 bridgehead atoms. The van der Waals surface area contributed by atoms with Crippen LogP contribution in [-0.2, 0) is 10.0 Å². The number of sulfonamides is 1. The predicted octanol–water partition coefficient (Wildman–Crippen LogP) is 4.53. The van der Waals surface area contributed by atoms with Crippen LogP contribution >= 0.6 is 11.6 Å². The van der Waals surface area contributed by atoms with Gasteiger partial charge in [-0.2, -0.15) is 10.1 Å². The molecule has 0 unspecified atom stereocenters. The van der Waals surface area contributed by atoms with E-state index in [1.807, 2.05) is 0 Å². The number of anilines is 1. The fraction of sp³-hybridized carbons (Fsp3) is 0.0952. The second-order valence-electron chi connectivity index (χ2n) is 6.66. The van der Waals surface area contributed by atoms with Crippen molar-refractivity contribution in [3.05, 3.63) is 83.4 Å². The molecule has 0 aliphatic rings. The molecule has 0 aliphatic carbocycles. The lowest BCUT2D eigenvalue weighted by atomic mass is 10.2. The van der Waals surface area contributed by atoms with Crippen LogP contribution in [0.15, 0.2) is 71.9 Å². The molecule has 0 aliphatic heterocycles. The molecule has 10 heteroatoms. The molecule has 0 saturated carbocycles. The van der Waals surface area contributed by atoms with Crippen LogP contribution in [0, 0.1) is 13.8 Å². The smallest absolute Gasteiger partial charge is 0.262 e. The maximum atomic E-state index is 12.7. The normalized spacial score (nSPS) is 11.3. The van der Waals surface area contributed by atoms with Gasteiger partial charge in [-0.1, -0.05) is 17.7 Å². The molecule has 31 heavy (non-hydrogen) atoms. The molecule has 0 fully saturated rings. The number of rotatable bonds is 6. The Labute approximate surface area is 184 Å². The molecule has 8 nitrogen and oxygen atoms in total. The van der Waals surface area contributed by atoms with Gasteiger partial charge in [0.05, 0.1) is 4.90 Å². The number of nitrogens with zero attached hydrogens (tertiary/aromatic N) is 4. The number of ether oxygens (including phenoxy) is 1. The van der Waals surface area contributed by atoms with Crippen LogP contribution in [0.5, 0.6) is 11.6 Å². The Morgan fingerprint density at radius 3 is 2.52 bits per heavy atom. The van der Waals surface area contributed by atoms with Crippen molar-refractivity contribution >= 4 is 27.3 Å². The number of hydrogen-bond donors (Lipinski definition) is 1. The van der Waals surface area contributed by atoms with E-state index in [2.05, 4.69) is 19.8 Å². The van der Waals surface area contributed by atoms with E-state index in [0.717, 1.165) is 0 Å². The van der Waals surface area contributed by atoms with Crippen LogP contribution < -0.4 is 9.46 Å². The highest BCUT2D eigenvalue weighted by Crippen LogP contribution is 2.27. The first-order valence-electron chi connectivity index (χ1n) is 9.23. The lowest BCUT2D eigenvalue weighted by Crippen LogP contribution is -2.14. The van der Waals surface area contributed by atoms with E-state index in [1.54, 1.807) is 79.5 Å². The molecule has 0 radical (unpaired) electrons. The average molecular weight is 456 g/mol. The van der Waals surface area contributed by atoms with E-state index >= 15 is 0 Å². The number of halogens is 1. The topological polar surface area (TPSA) is 99.0 Å². The van der Waals surface area contributed by atoms with E-state index < -0.39 is 10.0 Å². The Morgan fingerprint density at radius 1 is 1.03 bits per heavy atom. The van der Waals surface area contributed by atoms with Gasteiger partial charge in [0.2, 0.25) is 5.88 Å². The summed E-state index contributed by atoms with van der Waals surface area (Å²) in [5.74, 6) is 1.95. The molecule has 4 aromatic rings. The maximum absolute atomic E-state index is 12.7. The highest BCUT2D eigenvalue weighted by atomic mass is 35.5. The van der Waals surface area contributed by atoms with Gasteiger partial charge < -0.3 is 4.74 Å². The molecule has 2 aromatic carbocycles. The molecule has 2 aromatic heterocycles. The van der Waals surface area contributed by atoms with Gasteiger partial charge in [-0.05, 0) is 61.9 Å². The van der Waals surface area contributed by atoms with Crippen LogP contribution in [0.4, 0.5) is 5.69 Å². The van der Waals surface area contributed by atoms with Crippen LogP contribution in [0.2, 0.25) is 5.02 Å². The van der Waals surface area contributed by atoms with Crippen LogP contribution in [0.3, 0.4) is 0 Å². The first-order chi connectivity index (χ1) is 14.8. The van der Waals surface area contributed by atoms with Crippen LogP contribution in [-0.4, -0.2) is 28.2 Å². The Kier molecular flexibility index (Phi) is 5.62. The van der Waals surface area contributed by atoms with Gasteiger partial charge in [-0.15, -0.1) is 0 Å². The van der Waals surface area contributed by atoms with Crippen molar-refractivity contribution in [1.29, 1.82) is 0 Å². The third-order valence-corrected chi connectivity index (χ3v) is 6.31. The van der Waals surface area contributed by atoms with E-state index in [1.165, 1.54) is 6.07 Å². The SMILES string of the molecule is Cc1nc(Oc2ccc(NS(=O)(=O)c3cccc(Cl)c3C)cc2)cc(-n2cccn2)n1. The number of aryl methyl sites for hydroxylation is 1. The molecule has 0 saturated heterocycles. The Hall–Kier alpha value is -3.43. The van der Waals surface area contributed by atoms with E-state index in [-0.39, 0.29) is 4.90 Å². The van der Waals surface area contributed by atoms with Gasteiger partial charge >= 0.3 is 0 Å². The largest absolute Gasteiger partial charge is 0.439 e. The van der Waals surface area contributed by atoms with Gasteiger partial charge in [-0.3, -0.25) is 4.72 Å². The van der Waals surface area contributed by atoms with Gasteiger partial charge in [0.25, 0.3) is 10.0 Å². The molecule has 1 N–H and O–H groups in total. The van der Waals surface area contributed by atoms with Crippen molar-refractivity contribution < 1.29 is 13.2 Å². The van der Waals surface area contributed by atoms with E-state index in [0.29, 0.717) is 39.5 Å². The first kappa shape index (κ1) is 20.8. The zero-order valence-corrected chi connectivity index (χ0v) is 18.2. The minimum absolute atomic E-state index is 0.128. The zero-order chi connectivity index (χ0) is 22.0. The second-order valence-corrected chi connectivity index (χ2v) is 8.72. The fourth-order valence-electron chi connectivity index (χ4n) is 2.90. The van der Waals surface area contributed by atoms with Gasteiger partial charge in [0, 0.05) is 29.2 Å². The van der Waals surface area contributed by atoms with Crippen molar-refractivity contribution in [2.45, 2.75) is 18.7 Å². The minimum atomic E-state index is -3.78. The molecule has 0 amide bonds. The van der Waals surface area contributed by atoms with Crippen LogP contribution in [0.1, 0.15) is 11.4 Å². The van der Waals surface area contributed by atoms with Gasteiger partial charge in [0.15, 0.2) is 5.82 Å². The van der Waals surface area contributed by atoms with E-state index in [9.17, 15) is 8.42 Å². The standard InChI is InChI=1S/C21H18ClN5O3S/c1-14-18(22)5-3-6-19(14)31(28,29)26-16-7-9-17(10-8-16)30-21-13-20(24-15(2)25-21)27-12-4-11-23-27/h3-13,26H,1-2H3. The monoisotopic (exact) mass is 455 g/mol. The number of hydrogen-bond acceptors (Lipinski definition) is 6. The molecular formula is C21H18ClN5O3S. The Morgan fingerprint density at radius 2 is 1.81 bits per heavy atom. The number of nitrogens with one attached hydrogen (secondary N) is 1. The van der Waals surface area contributed by atoms with Crippen molar-refractivity contribution in [1.82, 2.24) is 19.7 Å². The summed E-state index contributed by atoms with van der Waals surface area (Å²) in [5, 5.41) is 4.55. The molecule has 158 valence electrons. The number of aromatic nitrogens is 4. The maximum Gasteiger partial charge on any atom is 0.262 e. The lowest BCUT2D eigenvalue weighted by Gasteiger charge is -2.12. The van der Waals surface area contributed by atoms with E-state index in [4.69, 9.17) is 16.3 Å². The predicted molar refractivity (Wildman–Crippen MR) is 117 cm³/mol. The first-order valence-corrected chi connectivity index (χ1v) is 11.1. The number of benzene rings is 2. The van der Waals surface area contributed by atoms with Crippen molar-refractivity contribution in [3.8, 4) is 17.4 Å². The summed E-state index contributed by atoms with van der Waals surface area (Å²) >= 11 is 6.05. The fourth-order valence-corrected chi connectivity index (χ4v) is 4.46. The quantitative estimate of drug-likeness (QED) is 0.458. The second kappa shape index (κ2) is 8.37. The summed E-state index contributed by atoms with van der Waals surface area (Å²) in [6, 6.07) is 14.7. The van der Waals surface area contributed by atoms with Crippen molar-refractivity contribution in [2.75, 3.05) is 4.72 Å². The zero-order valence-electron chi connectivity index (χ0n) is 16.7. The van der Waals surface area contributed by atoms with Crippen LogP contribution in [0.25, 0.3) is 5.82 Å². The van der Waals surface area contributed by atoms with Crippen molar-refractivity contribution in [3.63, 3.8) is 0 Å². The molecular weight excluding hydrogens is 438 g/mol. The van der Waals surface area contributed by atoms with Crippen molar-refractivity contribution in [2.24, 2.45) is 0 Å². The summed E-state index contributed by atoms with van der Waals surface area (Å²) in [5.41, 5.74) is 0.881. The lowest BCUT2D eigenvalue weighted by molar-refractivity contribution is 0.459. The van der Waals surface area contributed by atoms with Gasteiger partial charge in [0.1, 0.15) is 11.6 Å². The Bertz CT molecular complexity index is 1320. The molecule has 0 atom stereocenters. The van der Waals surface area contributed by atoms with Gasteiger partial charge in [-0.25, -0.2) is 18.1 Å². The summed E-state index contributed by atoms with van der Waals surface area (Å²) in [4.78, 5) is 8.75.